The topological polar surface area (TPSA) is 89.9 Å². The summed E-state index contributed by atoms with van der Waals surface area (Å²) in [6, 6.07) is 4.26. The summed E-state index contributed by atoms with van der Waals surface area (Å²) in [5.41, 5.74) is 0.494. The van der Waals surface area contributed by atoms with E-state index in [9.17, 15) is 14.7 Å². The van der Waals surface area contributed by atoms with Gasteiger partial charge < -0.3 is 20.4 Å². The summed E-state index contributed by atoms with van der Waals surface area (Å²) in [5.74, 6) is -0.888. The average molecular weight is 357 g/mol. The van der Waals surface area contributed by atoms with Crippen LogP contribution in [0.5, 0.6) is 0 Å². The molecule has 2 amide bonds. The van der Waals surface area contributed by atoms with Gasteiger partial charge in [0.15, 0.2) is 0 Å². The number of β-amino-alcohol motifs (C(OH)–C–C–N with tert-alkyl or cyclic N) is 1. The van der Waals surface area contributed by atoms with E-state index in [0.29, 0.717) is 16.7 Å². The number of nitrogens with one attached hydrogen (secondary N) is 1. The van der Waals surface area contributed by atoms with Crippen LogP contribution >= 0.6 is 15.9 Å². The molecule has 1 saturated heterocycles. The molecule has 0 bridgehead atoms. The molecule has 0 radical (unpaired) electrons. The molecule has 0 saturated carbocycles. The van der Waals surface area contributed by atoms with Crippen LogP contribution in [0.3, 0.4) is 0 Å². The zero-order chi connectivity index (χ0) is 15.6. The Morgan fingerprint density at radius 3 is 2.76 bits per heavy atom. The zero-order valence-electron chi connectivity index (χ0n) is 11.5. The Morgan fingerprint density at radius 1 is 1.43 bits per heavy atom. The SMILES string of the molecule is CC1CCN(C(=O)Nc2ccc(Br)c(C(=O)O)c2)CC1O. The molecule has 21 heavy (non-hydrogen) atoms. The van der Waals surface area contributed by atoms with Gasteiger partial charge in [0.2, 0.25) is 0 Å². The van der Waals surface area contributed by atoms with Crippen LogP contribution in [0.15, 0.2) is 22.7 Å². The smallest absolute Gasteiger partial charge is 0.336 e. The van der Waals surface area contributed by atoms with Crippen LogP contribution in [0.4, 0.5) is 10.5 Å². The van der Waals surface area contributed by atoms with Crippen LogP contribution in [0.1, 0.15) is 23.7 Å². The van der Waals surface area contributed by atoms with Crippen LogP contribution in [0, 0.1) is 5.92 Å². The maximum Gasteiger partial charge on any atom is 0.336 e. The number of likely N-dealkylation sites (tertiary alicyclic amines) is 1. The molecule has 0 aromatic heterocycles. The third-order valence-electron chi connectivity index (χ3n) is 3.65. The lowest BCUT2D eigenvalue weighted by atomic mass is 9.96. The second kappa shape index (κ2) is 6.44. The van der Waals surface area contributed by atoms with E-state index in [0.717, 1.165) is 6.42 Å². The summed E-state index contributed by atoms with van der Waals surface area (Å²) in [6.45, 7) is 2.81. The fraction of sp³-hybridized carbons (Fsp3) is 0.429. The molecule has 1 aromatic carbocycles. The molecule has 2 unspecified atom stereocenters. The van der Waals surface area contributed by atoms with Gasteiger partial charge in [-0.05, 0) is 46.5 Å². The molecule has 1 aliphatic rings. The Hall–Kier alpha value is -1.60. The highest BCUT2D eigenvalue weighted by Gasteiger charge is 2.27. The third-order valence-corrected chi connectivity index (χ3v) is 4.35. The van der Waals surface area contributed by atoms with Gasteiger partial charge in [0.05, 0.1) is 11.7 Å². The van der Waals surface area contributed by atoms with E-state index in [2.05, 4.69) is 21.2 Å². The fourth-order valence-corrected chi connectivity index (χ4v) is 2.62. The number of aliphatic hydroxyl groups excluding tert-OH is 1. The van der Waals surface area contributed by atoms with Crippen LogP contribution in [-0.2, 0) is 0 Å². The Bertz CT molecular complexity index is 564. The molecule has 1 fully saturated rings. The van der Waals surface area contributed by atoms with Crippen LogP contribution in [0.2, 0.25) is 0 Å². The highest BCUT2D eigenvalue weighted by molar-refractivity contribution is 9.10. The van der Waals surface area contributed by atoms with Crippen LogP contribution in [-0.4, -0.2) is 46.3 Å². The standard InChI is InChI=1S/C14H17BrN2O4/c1-8-4-5-17(7-12(8)18)14(21)16-9-2-3-11(15)10(6-9)13(19)20/h2-3,6,8,12,18H,4-5,7H2,1H3,(H,16,21)(H,19,20). The first-order valence-electron chi connectivity index (χ1n) is 6.65. The monoisotopic (exact) mass is 356 g/mol. The van der Waals surface area contributed by atoms with E-state index in [1.54, 1.807) is 12.1 Å². The second-order valence-corrected chi connectivity index (χ2v) is 6.06. The fourth-order valence-electron chi connectivity index (χ4n) is 2.20. The van der Waals surface area contributed by atoms with Crippen molar-refractivity contribution in [1.29, 1.82) is 0 Å². The molecule has 2 atom stereocenters. The van der Waals surface area contributed by atoms with E-state index >= 15 is 0 Å². The van der Waals surface area contributed by atoms with Crippen molar-refractivity contribution in [2.24, 2.45) is 5.92 Å². The first-order chi connectivity index (χ1) is 9.88. The summed E-state index contributed by atoms with van der Waals surface area (Å²) >= 11 is 3.15. The lowest BCUT2D eigenvalue weighted by Gasteiger charge is -2.34. The number of benzene rings is 1. The number of anilines is 1. The summed E-state index contributed by atoms with van der Waals surface area (Å²) < 4.78 is 0.454. The molecule has 114 valence electrons. The number of carboxylic acid groups (broad SMARTS) is 1. The van der Waals surface area contributed by atoms with E-state index in [1.165, 1.54) is 11.0 Å². The van der Waals surface area contributed by atoms with E-state index in [-0.39, 0.29) is 24.1 Å². The molecule has 0 spiro atoms. The first kappa shape index (κ1) is 15.8. The lowest BCUT2D eigenvalue weighted by Crippen LogP contribution is -2.47. The van der Waals surface area contributed by atoms with Gasteiger partial charge in [0, 0.05) is 23.2 Å². The van der Waals surface area contributed by atoms with Gasteiger partial charge in [-0.3, -0.25) is 0 Å². The Labute approximate surface area is 130 Å². The number of aromatic carboxylic acids is 1. The number of carbonyl (C=O) groups is 2. The van der Waals surface area contributed by atoms with Crippen molar-refractivity contribution in [2.75, 3.05) is 18.4 Å². The molecule has 1 aromatic rings. The molecule has 1 heterocycles. The van der Waals surface area contributed by atoms with Crippen molar-refractivity contribution >= 4 is 33.6 Å². The number of carbonyl (C=O) groups excluding carboxylic acids is 1. The van der Waals surface area contributed by atoms with Gasteiger partial charge in [-0.2, -0.15) is 0 Å². The minimum atomic E-state index is -1.07. The number of hydrogen-bond acceptors (Lipinski definition) is 3. The van der Waals surface area contributed by atoms with E-state index in [1.807, 2.05) is 6.92 Å². The molecule has 2 rings (SSSR count). The summed E-state index contributed by atoms with van der Waals surface area (Å²) in [5, 5.41) is 21.5. The van der Waals surface area contributed by atoms with Gasteiger partial charge in [-0.1, -0.05) is 6.92 Å². The number of nitrogens with zero attached hydrogens (tertiary/aromatic N) is 1. The van der Waals surface area contributed by atoms with Crippen molar-refractivity contribution in [1.82, 2.24) is 4.90 Å². The maximum absolute atomic E-state index is 12.1. The van der Waals surface area contributed by atoms with E-state index < -0.39 is 12.1 Å². The minimum absolute atomic E-state index is 0.0834. The van der Waals surface area contributed by atoms with Gasteiger partial charge in [-0.15, -0.1) is 0 Å². The van der Waals surface area contributed by atoms with Gasteiger partial charge >= 0.3 is 12.0 Å². The lowest BCUT2D eigenvalue weighted by molar-refractivity contribution is 0.0464. The van der Waals surface area contributed by atoms with Gasteiger partial charge in [-0.25, -0.2) is 9.59 Å². The summed E-state index contributed by atoms with van der Waals surface area (Å²) in [4.78, 5) is 24.7. The van der Waals surface area contributed by atoms with Crippen LogP contribution < -0.4 is 5.32 Å². The number of urea groups is 1. The van der Waals surface area contributed by atoms with Crippen molar-refractivity contribution in [3.05, 3.63) is 28.2 Å². The molecule has 7 heteroatoms. The third kappa shape index (κ3) is 3.74. The number of carboxylic acids is 1. The highest BCUT2D eigenvalue weighted by atomic mass is 79.9. The summed E-state index contributed by atoms with van der Waals surface area (Å²) in [6.07, 6.45) is 0.221. The van der Waals surface area contributed by atoms with Crippen molar-refractivity contribution in [3.8, 4) is 0 Å². The maximum atomic E-state index is 12.1. The zero-order valence-corrected chi connectivity index (χ0v) is 13.1. The molecule has 6 nitrogen and oxygen atoms in total. The van der Waals surface area contributed by atoms with Crippen molar-refractivity contribution in [3.63, 3.8) is 0 Å². The number of amides is 2. The molecular formula is C14H17BrN2O4. The largest absolute Gasteiger partial charge is 0.478 e. The number of hydrogen-bond donors (Lipinski definition) is 3. The van der Waals surface area contributed by atoms with Gasteiger partial charge in [0.25, 0.3) is 0 Å². The average Bonchev–Trinajstić information content (AvgIpc) is 2.43. The first-order valence-corrected chi connectivity index (χ1v) is 7.44. The van der Waals surface area contributed by atoms with Crippen molar-refractivity contribution in [2.45, 2.75) is 19.4 Å². The molecule has 0 aliphatic carbocycles. The molecule has 1 aliphatic heterocycles. The minimum Gasteiger partial charge on any atom is -0.478 e. The Kier molecular flexibility index (Phi) is 4.84. The Morgan fingerprint density at radius 2 is 2.14 bits per heavy atom. The number of aliphatic hydroxyl groups is 1. The number of halogens is 1. The highest BCUT2D eigenvalue weighted by Crippen LogP contribution is 2.22. The number of rotatable bonds is 2. The normalized spacial score (nSPS) is 22.0. The predicted octanol–water partition coefficient (Wildman–Crippen LogP) is 2.38. The second-order valence-electron chi connectivity index (χ2n) is 5.21. The van der Waals surface area contributed by atoms with Gasteiger partial charge in [0.1, 0.15) is 0 Å². The molecule has 3 N–H and O–H groups in total. The Balaban J connectivity index is 2.06. The van der Waals surface area contributed by atoms with Crippen LogP contribution in [0.25, 0.3) is 0 Å². The number of piperidine rings is 1. The van der Waals surface area contributed by atoms with Crippen molar-refractivity contribution < 1.29 is 19.8 Å². The molecular weight excluding hydrogens is 340 g/mol. The van der Waals surface area contributed by atoms with E-state index in [4.69, 9.17) is 5.11 Å². The summed E-state index contributed by atoms with van der Waals surface area (Å²) in [7, 11) is 0. The quantitative estimate of drug-likeness (QED) is 0.758. The predicted molar refractivity (Wildman–Crippen MR) is 81.5 cm³/mol.